The highest BCUT2D eigenvalue weighted by Gasteiger charge is 2.18. The number of para-hydroxylation sites is 1. The normalized spacial score (nSPS) is 10.0. The number of aromatic nitrogens is 4. The van der Waals surface area contributed by atoms with Crippen molar-refractivity contribution in [3.8, 4) is 11.8 Å². The summed E-state index contributed by atoms with van der Waals surface area (Å²) in [6, 6.07) is 17.1. The van der Waals surface area contributed by atoms with E-state index in [0.29, 0.717) is 11.4 Å². The van der Waals surface area contributed by atoms with Crippen LogP contribution in [0.15, 0.2) is 60.9 Å². The van der Waals surface area contributed by atoms with Crippen LogP contribution < -0.4 is 4.90 Å². The standard InChI is InChI=1S/C18H14N6O3/c19-9-10-23(15-6-2-1-3-7-15)17(25)12-27-18(26)14-5-4-8-16(11-14)24-13-20-21-22-24/h1-8,11,13H,10,12H2. The molecule has 1 amide bonds. The van der Waals surface area contributed by atoms with Crippen LogP contribution in [0.4, 0.5) is 5.69 Å². The molecule has 9 nitrogen and oxygen atoms in total. The lowest BCUT2D eigenvalue weighted by Crippen LogP contribution is -2.35. The summed E-state index contributed by atoms with van der Waals surface area (Å²) in [6.07, 6.45) is 1.40. The first-order valence-electron chi connectivity index (χ1n) is 7.92. The van der Waals surface area contributed by atoms with Gasteiger partial charge in [-0.1, -0.05) is 24.3 Å². The topological polar surface area (TPSA) is 114 Å². The molecule has 0 unspecified atom stereocenters. The molecule has 1 aromatic heterocycles. The second-order valence-electron chi connectivity index (χ2n) is 5.35. The molecule has 9 heteroatoms. The van der Waals surface area contributed by atoms with Crippen LogP contribution >= 0.6 is 0 Å². The molecule has 0 atom stereocenters. The third kappa shape index (κ3) is 4.32. The zero-order chi connectivity index (χ0) is 19.1. The lowest BCUT2D eigenvalue weighted by molar-refractivity contribution is -0.121. The minimum Gasteiger partial charge on any atom is -0.452 e. The molecular weight excluding hydrogens is 348 g/mol. The number of nitriles is 1. The molecule has 0 aliphatic carbocycles. The highest BCUT2D eigenvalue weighted by Crippen LogP contribution is 2.14. The summed E-state index contributed by atoms with van der Waals surface area (Å²) in [6.45, 7) is -0.625. The van der Waals surface area contributed by atoms with Gasteiger partial charge in [0.2, 0.25) is 0 Å². The SMILES string of the molecule is N#CCN(C(=O)COC(=O)c1cccc(-n2cnnn2)c1)c1ccccc1. The van der Waals surface area contributed by atoms with Crippen LogP contribution in [-0.4, -0.2) is 45.2 Å². The number of nitrogens with zero attached hydrogens (tertiary/aromatic N) is 6. The van der Waals surface area contributed by atoms with Gasteiger partial charge in [-0.05, 0) is 40.8 Å². The molecule has 0 radical (unpaired) electrons. The van der Waals surface area contributed by atoms with Crippen LogP contribution in [-0.2, 0) is 9.53 Å². The van der Waals surface area contributed by atoms with E-state index in [4.69, 9.17) is 10.00 Å². The number of hydrogen-bond donors (Lipinski definition) is 0. The van der Waals surface area contributed by atoms with Crippen LogP contribution in [0.2, 0.25) is 0 Å². The number of rotatable bonds is 6. The minimum atomic E-state index is -0.664. The lowest BCUT2D eigenvalue weighted by atomic mass is 10.2. The molecule has 0 spiro atoms. The van der Waals surface area contributed by atoms with Crippen LogP contribution in [0, 0.1) is 11.3 Å². The number of ether oxygens (including phenoxy) is 1. The fourth-order valence-corrected chi connectivity index (χ4v) is 2.35. The number of benzene rings is 2. The summed E-state index contributed by atoms with van der Waals surface area (Å²) in [5.74, 6) is -1.16. The van der Waals surface area contributed by atoms with Crippen molar-refractivity contribution in [1.29, 1.82) is 5.26 Å². The fourth-order valence-electron chi connectivity index (χ4n) is 2.35. The van der Waals surface area contributed by atoms with Gasteiger partial charge in [-0.15, -0.1) is 5.10 Å². The number of anilines is 1. The Kier molecular flexibility index (Phi) is 5.49. The highest BCUT2D eigenvalue weighted by molar-refractivity contribution is 5.97. The van der Waals surface area contributed by atoms with Gasteiger partial charge in [-0.25, -0.2) is 9.48 Å². The maximum Gasteiger partial charge on any atom is 0.338 e. The summed E-state index contributed by atoms with van der Waals surface area (Å²) in [5, 5.41) is 19.8. The van der Waals surface area contributed by atoms with Gasteiger partial charge < -0.3 is 4.74 Å². The van der Waals surface area contributed by atoms with Gasteiger partial charge in [0, 0.05) is 5.69 Å². The molecule has 3 rings (SSSR count). The zero-order valence-corrected chi connectivity index (χ0v) is 14.1. The van der Waals surface area contributed by atoms with Crippen LogP contribution in [0.25, 0.3) is 5.69 Å². The van der Waals surface area contributed by atoms with E-state index in [1.165, 1.54) is 15.9 Å². The smallest absolute Gasteiger partial charge is 0.338 e. The number of tetrazole rings is 1. The summed E-state index contributed by atoms with van der Waals surface area (Å²) >= 11 is 0. The molecule has 0 bridgehead atoms. The largest absolute Gasteiger partial charge is 0.452 e. The number of amides is 1. The Labute approximate surface area is 154 Å². The van der Waals surface area contributed by atoms with Gasteiger partial charge in [0.25, 0.3) is 5.91 Å². The second kappa shape index (κ2) is 8.35. The quantitative estimate of drug-likeness (QED) is 0.480. The molecule has 3 aromatic rings. The third-order valence-corrected chi connectivity index (χ3v) is 3.62. The number of esters is 1. The van der Waals surface area contributed by atoms with Gasteiger partial charge in [0.05, 0.1) is 17.3 Å². The lowest BCUT2D eigenvalue weighted by Gasteiger charge is -2.19. The molecule has 0 aliphatic heterocycles. The maximum atomic E-state index is 12.4. The first-order chi connectivity index (χ1) is 13.2. The summed E-state index contributed by atoms with van der Waals surface area (Å²) in [5.41, 5.74) is 1.39. The Morgan fingerprint density at radius 3 is 2.67 bits per heavy atom. The summed E-state index contributed by atoms with van der Waals surface area (Å²) < 4.78 is 6.51. The Morgan fingerprint density at radius 2 is 1.96 bits per heavy atom. The Hall–Kier alpha value is -4.06. The van der Waals surface area contributed by atoms with Gasteiger partial charge in [0.15, 0.2) is 6.61 Å². The zero-order valence-electron chi connectivity index (χ0n) is 14.1. The molecule has 27 heavy (non-hydrogen) atoms. The van der Waals surface area contributed by atoms with Gasteiger partial charge >= 0.3 is 5.97 Å². The van der Waals surface area contributed by atoms with E-state index in [1.54, 1.807) is 54.6 Å². The Bertz CT molecular complexity index is 966. The average molecular weight is 362 g/mol. The second-order valence-corrected chi connectivity index (χ2v) is 5.35. The van der Waals surface area contributed by atoms with Crippen molar-refractivity contribution < 1.29 is 14.3 Å². The minimum absolute atomic E-state index is 0.144. The van der Waals surface area contributed by atoms with Gasteiger partial charge in [-0.3, -0.25) is 9.69 Å². The summed E-state index contributed by atoms with van der Waals surface area (Å²) in [4.78, 5) is 25.9. The van der Waals surface area contributed by atoms with E-state index in [9.17, 15) is 9.59 Å². The van der Waals surface area contributed by atoms with E-state index in [1.807, 2.05) is 6.07 Å². The van der Waals surface area contributed by atoms with E-state index < -0.39 is 18.5 Å². The monoisotopic (exact) mass is 362 g/mol. The van der Waals surface area contributed by atoms with E-state index in [0.717, 1.165) is 0 Å². The first-order valence-corrected chi connectivity index (χ1v) is 7.92. The van der Waals surface area contributed by atoms with Crippen molar-refractivity contribution in [3.05, 3.63) is 66.5 Å². The molecule has 0 N–H and O–H groups in total. The number of hydrogen-bond acceptors (Lipinski definition) is 7. The van der Waals surface area contributed by atoms with Crippen molar-refractivity contribution in [2.24, 2.45) is 0 Å². The molecule has 0 fully saturated rings. The van der Waals surface area contributed by atoms with E-state index in [2.05, 4.69) is 15.5 Å². The van der Waals surface area contributed by atoms with Gasteiger partial charge in [0.1, 0.15) is 12.9 Å². The van der Waals surface area contributed by atoms with Crippen LogP contribution in [0.3, 0.4) is 0 Å². The predicted octanol–water partition coefficient (Wildman–Crippen LogP) is 1.38. The van der Waals surface area contributed by atoms with Crippen molar-refractivity contribution in [2.75, 3.05) is 18.1 Å². The number of carbonyl (C=O) groups excluding carboxylic acids is 2. The highest BCUT2D eigenvalue weighted by atomic mass is 16.5. The van der Waals surface area contributed by atoms with E-state index >= 15 is 0 Å². The summed E-state index contributed by atoms with van der Waals surface area (Å²) in [7, 11) is 0. The third-order valence-electron chi connectivity index (χ3n) is 3.62. The predicted molar refractivity (Wildman–Crippen MR) is 93.8 cm³/mol. The van der Waals surface area contributed by atoms with Crippen molar-refractivity contribution in [3.63, 3.8) is 0 Å². The molecule has 2 aromatic carbocycles. The number of carbonyl (C=O) groups is 2. The van der Waals surface area contributed by atoms with Crippen molar-refractivity contribution in [2.45, 2.75) is 0 Å². The van der Waals surface area contributed by atoms with Crippen molar-refractivity contribution >= 4 is 17.6 Å². The Balaban J connectivity index is 1.67. The molecular formula is C18H14N6O3. The maximum absolute atomic E-state index is 12.4. The fraction of sp³-hybridized carbons (Fsp3) is 0.111. The molecule has 0 saturated carbocycles. The molecule has 1 heterocycles. The Morgan fingerprint density at radius 1 is 1.15 bits per heavy atom. The molecule has 134 valence electrons. The first kappa shape index (κ1) is 17.8. The van der Waals surface area contributed by atoms with Crippen LogP contribution in [0.5, 0.6) is 0 Å². The van der Waals surface area contributed by atoms with Gasteiger partial charge in [-0.2, -0.15) is 5.26 Å². The average Bonchev–Trinajstić information content (AvgIpc) is 3.25. The molecule has 0 aliphatic rings. The van der Waals surface area contributed by atoms with E-state index in [-0.39, 0.29) is 12.1 Å². The van der Waals surface area contributed by atoms with Crippen molar-refractivity contribution in [1.82, 2.24) is 20.2 Å². The van der Waals surface area contributed by atoms with Crippen LogP contribution in [0.1, 0.15) is 10.4 Å². The molecule has 0 saturated heterocycles.